The smallest absolute Gasteiger partial charge is 0.343 e. The molecular weight excluding hydrogens is 404 g/mol. The van der Waals surface area contributed by atoms with Gasteiger partial charge in [-0.05, 0) is 47.9 Å². The van der Waals surface area contributed by atoms with Crippen molar-refractivity contribution >= 4 is 18.0 Å². The van der Waals surface area contributed by atoms with Crippen molar-refractivity contribution in [3.05, 3.63) is 101 Å². The van der Waals surface area contributed by atoms with Gasteiger partial charge in [0.1, 0.15) is 11.6 Å². The van der Waals surface area contributed by atoms with Crippen molar-refractivity contribution in [2.45, 2.75) is 13.5 Å². The van der Waals surface area contributed by atoms with E-state index in [-0.39, 0.29) is 11.3 Å². The summed E-state index contributed by atoms with van der Waals surface area (Å²) in [4.78, 5) is 24.9. The van der Waals surface area contributed by atoms with Crippen LogP contribution in [0.3, 0.4) is 0 Å². The Labute approximate surface area is 186 Å². The Hall–Kier alpha value is -4.37. The van der Waals surface area contributed by atoms with Crippen molar-refractivity contribution in [3.63, 3.8) is 0 Å². The molecule has 0 saturated carbocycles. The summed E-state index contributed by atoms with van der Waals surface area (Å²) in [6.45, 7) is 2.14. The van der Waals surface area contributed by atoms with Crippen LogP contribution in [0.15, 0.2) is 78.4 Å². The molecule has 0 radical (unpaired) electrons. The van der Waals surface area contributed by atoms with Gasteiger partial charge in [-0.3, -0.25) is 4.79 Å². The maximum atomic E-state index is 12.5. The molecule has 0 saturated heterocycles. The van der Waals surface area contributed by atoms with Gasteiger partial charge in [0.15, 0.2) is 11.5 Å². The number of hydrogen-bond donors (Lipinski definition) is 1. The summed E-state index contributed by atoms with van der Waals surface area (Å²) >= 11 is 0. The number of nitrogens with one attached hydrogen (secondary N) is 1. The second kappa shape index (κ2) is 10.6. The Bertz CT molecular complexity index is 1190. The summed E-state index contributed by atoms with van der Waals surface area (Å²) in [5.41, 5.74) is 2.70. The van der Waals surface area contributed by atoms with Crippen LogP contribution in [0.2, 0.25) is 0 Å². The van der Waals surface area contributed by atoms with Gasteiger partial charge in [-0.1, -0.05) is 54.6 Å². The first kappa shape index (κ1) is 22.3. The second-order valence-corrected chi connectivity index (χ2v) is 6.95. The van der Waals surface area contributed by atoms with Crippen molar-refractivity contribution in [2.75, 3.05) is 7.11 Å². The van der Waals surface area contributed by atoms with Crippen LogP contribution in [0.4, 0.5) is 0 Å². The number of esters is 1. The van der Waals surface area contributed by atoms with Crippen LogP contribution in [-0.2, 0) is 11.3 Å². The van der Waals surface area contributed by atoms with Gasteiger partial charge in [0.25, 0.3) is 5.91 Å². The van der Waals surface area contributed by atoms with Crippen molar-refractivity contribution in [2.24, 2.45) is 0 Å². The molecular formula is C26H22N2O4. The number of carbonyl (C=O) groups is 2. The van der Waals surface area contributed by atoms with E-state index in [0.717, 1.165) is 11.1 Å². The van der Waals surface area contributed by atoms with Crippen molar-refractivity contribution in [3.8, 4) is 17.6 Å². The Morgan fingerprint density at radius 1 is 1.00 bits per heavy atom. The van der Waals surface area contributed by atoms with Gasteiger partial charge in [0.05, 0.1) is 12.7 Å². The molecule has 3 aromatic rings. The van der Waals surface area contributed by atoms with E-state index in [2.05, 4.69) is 5.32 Å². The Morgan fingerprint density at radius 3 is 2.41 bits per heavy atom. The topological polar surface area (TPSA) is 88.4 Å². The number of benzene rings is 3. The van der Waals surface area contributed by atoms with Crippen LogP contribution in [-0.4, -0.2) is 19.0 Å². The third-order valence-electron chi connectivity index (χ3n) is 4.73. The zero-order chi connectivity index (χ0) is 22.9. The maximum absolute atomic E-state index is 12.5. The third kappa shape index (κ3) is 5.61. The molecule has 0 bridgehead atoms. The lowest BCUT2D eigenvalue weighted by Gasteiger charge is -2.11. The average Bonchev–Trinajstić information content (AvgIpc) is 2.82. The summed E-state index contributed by atoms with van der Waals surface area (Å²) in [5.74, 6) is -0.430. The fourth-order valence-corrected chi connectivity index (χ4v) is 3.00. The van der Waals surface area contributed by atoms with Crippen LogP contribution in [0.5, 0.6) is 11.5 Å². The quantitative estimate of drug-likeness (QED) is 0.261. The molecule has 0 fully saturated rings. The number of amides is 1. The number of ether oxygens (including phenoxy) is 2. The van der Waals surface area contributed by atoms with Gasteiger partial charge in [-0.2, -0.15) is 5.26 Å². The summed E-state index contributed by atoms with van der Waals surface area (Å²) in [6.07, 6.45) is 1.45. The lowest BCUT2D eigenvalue weighted by atomic mass is 10.1. The minimum absolute atomic E-state index is 0.0485. The molecule has 0 aliphatic carbocycles. The predicted molar refractivity (Wildman–Crippen MR) is 121 cm³/mol. The first-order chi connectivity index (χ1) is 15.5. The van der Waals surface area contributed by atoms with Crippen LogP contribution >= 0.6 is 0 Å². The highest BCUT2D eigenvalue weighted by molar-refractivity contribution is 6.01. The van der Waals surface area contributed by atoms with Crippen LogP contribution in [0.1, 0.15) is 27.0 Å². The number of hydrogen-bond acceptors (Lipinski definition) is 5. The highest BCUT2D eigenvalue weighted by Crippen LogP contribution is 2.30. The molecule has 1 N–H and O–H groups in total. The van der Waals surface area contributed by atoms with Gasteiger partial charge in [0, 0.05) is 6.54 Å². The number of methoxy groups -OCH3 is 1. The van der Waals surface area contributed by atoms with Gasteiger partial charge >= 0.3 is 5.97 Å². The Morgan fingerprint density at radius 2 is 1.72 bits per heavy atom. The fourth-order valence-electron chi connectivity index (χ4n) is 3.00. The normalized spacial score (nSPS) is 10.7. The molecule has 6 nitrogen and oxygen atoms in total. The lowest BCUT2D eigenvalue weighted by Crippen LogP contribution is -2.23. The van der Waals surface area contributed by atoms with E-state index in [1.54, 1.807) is 30.3 Å². The monoisotopic (exact) mass is 426 g/mol. The molecule has 0 aliphatic rings. The Balaban J connectivity index is 1.75. The van der Waals surface area contributed by atoms with Crippen LogP contribution in [0, 0.1) is 18.3 Å². The minimum atomic E-state index is -0.498. The first-order valence-electron chi connectivity index (χ1n) is 9.91. The average molecular weight is 426 g/mol. The second-order valence-electron chi connectivity index (χ2n) is 6.95. The SMILES string of the molecule is COc1cc(/C=C(\C#N)C(=O)NCc2ccccc2)ccc1OC(=O)c1ccccc1C. The first-order valence-corrected chi connectivity index (χ1v) is 9.91. The van der Waals surface area contributed by atoms with Crippen molar-refractivity contribution in [1.29, 1.82) is 5.26 Å². The van der Waals surface area contributed by atoms with Gasteiger partial charge in [-0.15, -0.1) is 0 Å². The van der Waals surface area contributed by atoms with E-state index in [4.69, 9.17) is 9.47 Å². The minimum Gasteiger partial charge on any atom is -0.493 e. The maximum Gasteiger partial charge on any atom is 0.343 e. The van der Waals surface area contributed by atoms with Gasteiger partial charge in [-0.25, -0.2) is 4.79 Å². The largest absolute Gasteiger partial charge is 0.493 e. The highest BCUT2D eigenvalue weighted by atomic mass is 16.6. The van der Waals surface area contributed by atoms with E-state index in [9.17, 15) is 14.9 Å². The van der Waals surface area contributed by atoms with Gasteiger partial charge in [0.2, 0.25) is 0 Å². The van der Waals surface area contributed by atoms with Crippen LogP contribution in [0.25, 0.3) is 6.08 Å². The summed E-state index contributed by atoms with van der Waals surface area (Å²) in [5, 5.41) is 12.2. The van der Waals surface area contributed by atoms with E-state index in [1.165, 1.54) is 13.2 Å². The van der Waals surface area contributed by atoms with E-state index < -0.39 is 11.9 Å². The standard InChI is InChI=1S/C26H22N2O4/c1-18-8-6-7-11-22(18)26(30)32-23-13-12-20(15-24(23)31-2)14-21(16-27)25(29)28-17-19-9-4-3-5-10-19/h3-15H,17H2,1-2H3,(H,28,29)/b21-14+. The highest BCUT2D eigenvalue weighted by Gasteiger charge is 2.15. The molecule has 0 aliphatic heterocycles. The molecule has 0 unspecified atom stereocenters. The lowest BCUT2D eigenvalue weighted by molar-refractivity contribution is -0.117. The molecule has 3 rings (SSSR count). The molecule has 1 amide bonds. The molecule has 32 heavy (non-hydrogen) atoms. The zero-order valence-electron chi connectivity index (χ0n) is 17.8. The predicted octanol–water partition coefficient (Wildman–Crippen LogP) is 4.45. The van der Waals surface area contributed by atoms with Crippen molar-refractivity contribution in [1.82, 2.24) is 5.32 Å². The summed E-state index contributed by atoms with van der Waals surface area (Å²) in [6, 6.07) is 23.3. The molecule has 0 atom stereocenters. The number of rotatable bonds is 7. The third-order valence-corrected chi connectivity index (χ3v) is 4.73. The molecule has 160 valence electrons. The molecule has 6 heteroatoms. The number of carbonyl (C=O) groups excluding carboxylic acids is 2. The molecule has 0 aromatic heterocycles. The van der Waals surface area contributed by atoms with Crippen molar-refractivity contribution < 1.29 is 19.1 Å². The fraction of sp³-hybridized carbons (Fsp3) is 0.115. The number of aryl methyl sites for hydroxylation is 1. The number of nitrogens with zero attached hydrogens (tertiary/aromatic N) is 1. The van der Waals surface area contributed by atoms with E-state index >= 15 is 0 Å². The van der Waals surface area contributed by atoms with Crippen LogP contribution < -0.4 is 14.8 Å². The van der Waals surface area contributed by atoms with E-state index in [0.29, 0.717) is 23.4 Å². The zero-order valence-corrected chi connectivity index (χ0v) is 17.8. The molecule has 0 heterocycles. The summed E-state index contributed by atoms with van der Waals surface area (Å²) < 4.78 is 10.8. The Kier molecular flexibility index (Phi) is 7.39. The molecule has 0 spiro atoms. The van der Waals surface area contributed by atoms with Gasteiger partial charge < -0.3 is 14.8 Å². The molecule has 3 aromatic carbocycles. The summed E-state index contributed by atoms with van der Waals surface area (Å²) in [7, 11) is 1.45. The van der Waals surface area contributed by atoms with E-state index in [1.807, 2.05) is 55.5 Å². The number of nitriles is 1.